The van der Waals surface area contributed by atoms with Gasteiger partial charge in [0.2, 0.25) is 5.91 Å². The molecular formula is C26H26N2O5S. The molecule has 1 unspecified atom stereocenters. The van der Waals surface area contributed by atoms with Gasteiger partial charge in [0.1, 0.15) is 12.4 Å². The molecule has 0 saturated carbocycles. The first-order chi connectivity index (χ1) is 16.4. The quantitative estimate of drug-likeness (QED) is 0.317. The molecule has 0 radical (unpaired) electrons. The maximum Gasteiger partial charge on any atom is 0.247 e. The average Bonchev–Trinajstić information content (AvgIpc) is 2.87. The molecule has 3 aromatic carbocycles. The molecular weight excluding hydrogens is 452 g/mol. The van der Waals surface area contributed by atoms with Gasteiger partial charge in [-0.15, -0.1) is 0 Å². The fourth-order valence-electron chi connectivity index (χ4n) is 3.53. The first-order valence-corrected chi connectivity index (χ1v) is 12.5. The Morgan fingerprint density at radius 3 is 2.26 bits per heavy atom. The van der Waals surface area contributed by atoms with Gasteiger partial charge in [-0.25, -0.2) is 13.9 Å². The van der Waals surface area contributed by atoms with Crippen molar-refractivity contribution in [2.75, 3.05) is 5.75 Å². The fraction of sp³-hybridized carbons (Fsp3) is 0.231. The predicted molar refractivity (Wildman–Crippen MR) is 127 cm³/mol. The van der Waals surface area contributed by atoms with Gasteiger partial charge in [-0.05, 0) is 66.8 Å². The summed E-state index contributed by atoms with van der Waals surface area (Å²) in [6.07, 6.45) is 1.65. The third-order valence-corrected chi connectivity index (χ3v) is 7.27. The van der Waals surface area contributed by atoms with Gasteiger partial charge in [-0.3, -0.25) is 10.0 Å². The van der Waals surface area contributed by atoms with Crippen LogP contribution < -0.4 is 10.2 Å². The molecule has 1 atom stereocenters. The molecule has 0 aliphatic rings. The molecule has 2 N–H and O–H groups in total. The Labute approximate surface area is 199 Å². The number of amides is 1. The molecule has 0 aliphatic heterocycles. The van der Waals surface area contributed by atoms with Gasteiger partial charge in [0.15, 0.2) is 9.84 Å². The van der Waals surface area contributed by atoms with E-state index in [-0.39, 0.29) is 11.5 Å². The van der Waals surface area contributed by atoms with Gasteiger partial charge in [0, 0.05) is 0 Å². The molecule has 0 aliphatic carbocycles. The van der Waals surface area contributed by atoms with Gasteiger partial charge in [0.05, 0.1) is 28.2 Å². The molecule has 0 spiro atoms. The van der Waals surface area contributed by atoms with Crippen molar-refractivity contribution in [3.63, 3.8) is 0 Å². The molecule has 1 amide bonds. The Morgan fingerprint density at radius 1 is 0.971 bits per heavy atom. The topological polar surface area (TPSA) is 116 Å². The van der Waals surface area contributed by atoms with E-state index in [2.05, 4.69) is 6.07 Å². The number of nitriles is 1. The van der Waals surface area contributed by atoms with E-state index in [4.69, 9.17) is 15.2 Å². The summed E-state index contributed by atoms with van der Waals surface area (Å²) in [5, 5.41) is 17.9. The van der Waals surface area contributed by atoms with Gasteiger partial charge < -0.3 is 4.74 Å². The van der Waals surface area contributed by atoms with Crippen molar-refractivity contribution in [2.24, 2.45) is 5.92 Å². The second kappa shape index (κ2) is 12.0. The second-order valence-corrected chi connectivity index (χ2v) is 9.94. The smallest absolute Gasteiger partial charge is 0.247 e. The van der Waals surface area contributed by atoms with Gasteiger partial charge in [-0.1, -0.05) is 42.5 Å². The molecule has 0 fully saturated rings. The fourth-order valence-corrected chi connectivity index (χ4v) is 5.12. The maximum absolute atomic E-state index is 12.9. The summed E-state index contributed by atoms with van der Waals surface area (Å²) in [5.74, 6) is -1.49. The first kappa shape index (κ1) is 25.0. The zero-order valence-electron chi connectivity index (χ0n) is 18.6. The molecule has 7 nitrogen and oxygen atoms in total. The van der Waals surface area contributed by atoms with Crippen molar-refractivity contribution in [3.05, 3.63) is 95.6 Å². The average molecular weight is 479 g/mol. The van der Waals surface area contributed by atoms with Crippen molar-refractivity contribution < 1.29 is 23.2 Å². The molecule has 0 aromatic heterocycles. The van der Waals surface area contributed by atoms with Gasteiger partial charge in [-0.2, -0.15) is 5.26 Å². The lowest BCUT2D eigenvalue weighted by Crippen LogP contribution is -2.33. The van der Waals surface area contributed by atoms with Crippen LogP contribution in [0.25, 0.3) is 0 Å². The molecule has 0 saturated heterocycles. The van der Waals surface area contributed by atoms with Crippen LogP contribution in [0.1, 0.15) is 29.5 Å². The molecule has 8 heteroatoms. The molecule has 0 heterocycles. The molecule has 34 heavy (non-hydrogen) atoms. The lowest BCUT2D eigenvalue weighted by atomic mass is 10.0. The molecule has 3 rings (SSSR count). The number of hydrogen-bond acceptors (Lipinski definition) is 6. The number of ether oxygens (including phenoxy) is 1. The van der Waals surface area contributed by atoms with Crippen molar-refractivity contribution in [1.82, 2.24) is 5.48 Å². The van der Waals surface area contributed by atoms with Crippen molar-refractivity contribution in [2.45, 2.75) is 30.8 Å². The highest BCUT2D eigenvalue weighted by atomic mass is 32.2. The van der Waals surface area contributed by atoms with E-state index in [1.165, 1.54) is 12.1 Å². The Morgan fingerprint density at radius 2 is 1.65 bits per heavy atom. The lowest BCUT2D eigenvalue weighted by Gasteiger charge is -2.15. The summed E-state index contributed by atoms with van der Waals surface area (Å²) >= 11 is 0. The second-order valence-electron chi connectivity index (χ2n) is 7.90. The molecule has 3 aromatic rings. The summed E-state index contributed by atoms with van der Waals surface area (Å²) in [6, 6.07) is 24.8. The van der Waals surface area contributed by atoms with E-state index in [1.54, 1.807) is 41.9 Å². The van der Waals surface area contributed by atoms with E-state index in [9.17, 15) is 13.2 Å². The maximum atomic E-state index is 12.9. The summed E-state index contributed by atoms with van der Waals surface area (Å²) in [7, 11) is -3.76. The van der Waals surface area contributed by atoms with Gasteiger partial charge in [0.25, 0.3) is 0 Å². The first-order valence-electron chi connectivity index (χ1n) is 10.8. The normalized spacial score (nSPS) is 11.9. The van der Waals surface area contributed by atoms with Crippen molar-refractivity contribution in [1.29, 1.82) is 5.26 Å². The minimum Gasteiger partial charge on any atom is -0.489 e. The zero-order chi connectivity index (χ0) is 24.4. The number of nitrogens with one attached hydrogen (secondary N) is 1. The Hall–Kier alpha value is -3.67. The number of sulfone groups is 1. The minimum absolute atomic E-state index is 0.0806. The number of hydrogen-bond donors (Lipinski definition) is 2. The van der Waals surface area contributed by atoms with E-state index in [0.717, 1.165) is 11.1 Å². The highest BCUT2D eigenvalue weighted by Gasteiger charge is 2.26. The standard InChI is InChI=1S/C26H26N2O5S/c27-17-21-9-11-22(12-10-21)18-33-24-13-15-25(16-14-24)34(31,32)19-23(26(29)28-30)8-4-7-20-5-2-1-3-6-20/h1-3,5-6,9-16,23,30H,4,7-8,18-19H2,(H,28,29). The van der Waals surface area contributed by atoms with Crippen molar-refractivity contribution in [3.8, 4) is 11.8 Å². The van der Waals surface area contributed by atoms with Gasteiger partial charge >= 0.3 is 0 Å². The minimum atomic E-state index is -3.76. The van der Waals surface area contributed by atoms with Crippen LogP contribution in [0.5, 0.6) is 5.75 Å². The van der Waals surface area contributed by atoms with Crippen LogP contribution in [-0.4, -0.2) is 25.3 Å². The largest absolute Gasteiger partial charge is 0.489 e. The Kier molecular flexibility index (Phi) is 8.79. The number of carbonyl (C=O) groups is 1. The van der Waals surface area contributed by atoms with Crippen LogP contribution in [0.4, 0.5) is 0 Å². The van der Waals surface area contributed by atoms with Crippen LogP contribution in [0.3, 0.4) is 0 Å². The van der Waals surface area contributed by atoms with E-state index >= 15 is 0 Å². The molecule has 0 bridgehead atoms. The van der Waals surface area contributed by atoms with E-state index < -0.39 is 27.4 Å². The monoisotopic (exact) mass is 478 g/mol. The third-order valence-electron chi connectivity index (χ3n) is 5.43. The van der Waals surface area contributed by atoms with Crippen LogP contribution in [0.2, 0.25) is 0 Å². The lowest BCUT2D eigenvalue weighted by molar-refractivity contribution is -0.132. The zero-order valence-corrected chi connectivity index (χ0v) is 19.4. The highest BCUT2D eigenvalue weighted by Crippen LogP contribution is 2.22. The molecule has 176 valence electrons. The number of carbonyl (C=O) groups excluding carboxylic acids is 1. The van der Waals surface area contributed by atoms with E-state index in [1.807, 2.05) is 30.3 Å². The van der Waals surface area contributed by atoms with E-state index in [0.29, 0.717) is 30.6 Å². The van der Waals surface area contributed by atoms with Crippen LogP contribution in [0.15, 0.2) is 83.8 Å². The number of benzene rings is 3. The number of hydroxylamine groups is 1. The highest BCUT2D eigenvalue weighted by molar-refractivity contribution is 7.91. The Balaban J connectivity index is 1.59. The third kappa shape index (κ3) is 7.17. The summed E-state index contributed by atoms with van der Waals surface area (Å²) < 4.78 is 31.5. The number of aryl methyl sites for hydroxylation is 1. The van der Waals surface area contributed by atoms with Crippen LogP contribution >= 0.6 is 0 Å². The number of nitrogens with zero attached hydrogens (tertiary/aromatic N) is 1. The Bertz CT molecular complexity index is 1220. The number of rotatable bonds is 11. The summed E-state index contributed by atoms with van der Waals surface area (Å²) in [6.45, 7) is 0.276. The predicted octanol–water partition coefficient (Wildman–Crippen LogP) is 4.06. The van der Waals surface area contributed by atoms with Crippen LogP contribution in [0, 0.1) is 17.2 Å². The SMILES string of the molecule is N#Cc1ccc(COc2ccc(S(=O)(=O)CC(CCCc3ccccc3)C(=O)NO)cc2)cc1. The van der Waals surface area contributed by atoms with Crippen LogP contribution in [-0.2, 0) is 27.7 Å². The summed E-state index contributed by atoms with van der Waals surface area (Å²) in [4.78, 5) is 12.2. The summed E-state index contributed by atoms with van der Waals surface area (Å²) in [5.41, 5.74) is 4.14. The van der Waals surface area contributed by atoms with Crippen molar-refractivity contribution >= 4 is 15.7 Å².